The van der Waals surface area contributed by atoms with Gasteiger partial charge in [-0.2, -0.15) is 13.2 Å². The number of rotatable bonds is 3. The van der Waals surface area contributed by atoms with E-state index in [1.807, 2.05) is 0 Å². The van der Waals surface area contributed by atoms with E-state index in [9.17, 15) is 18.0 Å². The van der Waals surface area contributed by atoms with Gasteiger partial charge in [-0.1, -0.05) is 0 Å². The topological polar surface area (TPSA) is 54.0 Å². The number of amides is 1. The van der Waals surface area contributed by atoms with Gasteiger partial charge in [0.1, 0.15) is 5.82 Å². The fourth-order valence-corrected chi connectivity index (χ4v) is 1.75. The van der Waals surface area contributed by atoms with Crippen molar-refractivity contribution in [3.63, 3.8) is 0 Å². The zero-order valence-electron chi connectivity index (χ0n) is 11.2. The van der Waals surface area contributed by atoms with Gasteiger partial charge in [0.25, 0.3) is 0 Å². The van der Waals surface area contributed by atoms with Crippen LogP contribution in [0.25, 0.3) is 0 Å². The SMILES string of the molecule is CC(C)(C)NC(=O)CNc1ncc(Br)cc1C(F)(F)F. The summed E-state index contributed by atoms with van der Waals surface area (Å²) in [6.07, 6.45) is -3.31. The largest absolute Gasteiger partial charge is 0.419 e. The maximum atomic E-state index is 12.8. The van der Waals surface area contributed by atoms with Gasteiger partial charge in [0.2, 0.25) is 5.91 Å². The highest BCUT2D eigenvalue weighted by atomic mass is 79.9. The van der Waals surface area contributed by atoms with Crippen molar-refractivity contribution in [1.29, 1.82) is 0 Å². The fourth-order valence-electron chi connectivity index (χ4n) is 1.42. The lowest BCUT2D eigenvalue weighted by Gasteiger charge is -2.21. The molecule has 0 aliphatic rings. The zero-order chi connectivity index (χ0) is 15.6. The fraction of sp³-hybridized carbons (Fsp3) is 0.500. The van der Waals surface area contributed by atoms with Crippen LogP contribution in [0.1, 0.15) is 26.3 Å². The number of hydrogen-bond donors (Lipinski definition) is 2. The lowest BCUT2D eigenvalue weighted by Crippen LogP contribution is -2.43. The molecule has 0 aliphatic heterocycles. The molecular formula is C12H15BrF3N3O. The highest BCUT2D eigenvalue weighted by Gasteiger charge is 2.34. The van der Waals surface area contributed by atoms with E-state index < -0.39 is 23.2 Å². The van der Waals surface area contributed by atoms with Crippen LogP contribution in [0, 0.1) is 0 Å². The molecule has 2 N–H and O–H groups in total. The summed E-state index contributed by atoms with van der Waals surface area (Å²) in [5.74, 6) is -0.778. The Hall–Kier alpha value is -1.31. The molecule has 0 unspecified atom stereocenters. The number of hydrogen-bond acceptors (Lipinski definition) is 3. The maximum absolute atomic E-state index is 12.8. The number of nitrogens with one attached hydrogen (secondary N) is 2. The average molecular weight is 354 g/mol. The predicted molar refractivity (Wildman–Crippen MR) is 73.3 cm³/mol. The molecule has 0 radical (unpaired) electrons. The van der Waals surface area contributed by atoms with Crippen LogP contribution in [0.5, 0.6) is 0 Å². The molecule has 0 bridgehead atoms. The molecule has 1 aromatic heterocycles. The van der Waals surface area contributed by atoms with Gasteiger partial charge in [-0.05, 0) is 42.8 Å². The Labute approximate surface area is 123 Å². The highest BCUT2D eigenvalue weighted by Crippen LogP contribution is 2.35. The summed E-state index contributed by atoms with van der Waals surface area (Å²) in [6, 6.07) is 0.914. The number of halogens is 4. The van der Waals surface area contributed by atoms with Crippen LogP contribution in [0.3, 0.4) is 0 Å². The van der Waals surface area contributed by atoms with E-state index in [4.69, 9.17) is 0 Å². The van der Waals surface area contributed by atoms with E-state index in [0.717, 1.165) is 6.07 Å². The molecule has 0 aromatic carbocycles. The van der Waals surface area contributed by atoms with E-state index in [1.165, 1.54) is 6.20 Å². The summed E-state index contributed by atoms with van der Waals surface area (Å²) in [6.45, 7) is 5.06. The molecule has 0 aliphatic carbocycles. The maximum Gasteiger partial charge on any atom is 0.419 e. The first-order valence-corrected chi connectivity index (χ1v) is 6.56. The Kier molecular flexibility index (Phi) is 5.01. The third kappa shape index (κ3) is 5.36. The number of anilines is 1. The van der Waals surface area contributed by atoms with Gasteiger partial charge in [0, 0.05) is 16.2 Å². The minimum absolute atomic E-state index is 0.217. The first-order valence-electron chi connectivity index (χ1n) is 5.76. The molecule has 1 aromatic rings. The lowest BCUT2D eigenvalue weighted by molar-refractivity contribution is -0.137. The number of carbonyl (C=O) groups is 1. The van der Waals surface area contributed by atoms with Gasteiger partial charge in [-0.3, -0.25) is 4.79 Å². The summed E-state index contributed by atoms with van der Waals surface area (Å²) in [7, 11) is 0. The molecular weight excluding hydrogens is 339 g/mol. The molecule has 4 nitrogen and oxygen atoms in total. The number of alkyl halides is 3. The molecule has 1 rings (SSSR count). The van der Waals surface area contributed by atoms with Crippen molar-refractivity contribution < 1.29 is 18.0 Å². The van der Waals surface area contributed by atoms with E-state index in [1.54, 1.807) is 20.8 Å². The Bertz CT molecular complexity index is 498. The van der Waals surface area contributed by atoms with Crippen molar-refractivity contribution in [3.05, 3.63) is 22.3 Å². The third-order valence-corrected chi connectivity index (χ3v) is 2.52. The van der Waals surface area contributed by atoms with E-state index in [0.29, 0.717) is 0 Å². The Balaban J connectivity index is 2.81. The molecule has 8 heteroatoms. The quantitative estimate of drug-likeness (QED) is 0.877. The minimum Gasteiger partial charge on any atom is -0.361 e. The second-order valence-corrected chi connectivity index (χ2v) is 6.11. The van der Waals surface area contributed by atoms with E-state index in [-0.39, 0.29) is 16.8 Å². The number of pyridine rings is 1. The minimum atomic E-state index is -4.54. The standard InChI is InChI=1S/C12H15BrF3N3O/c1-11(2,3)19-9(20)6-18-10-8(12(14,15)16)4-7(13)5-17-10/h4-5H,6H2,1-3H3,(H,17,18)(H,19,20). The molecule has 0 saturated carbocycles. The lowest BCUT2D eigenvalue weighted by atomic mass is 10.1. The second-order valence-electron chi connectivity index (χ2n) is 5.20. The van der Waals surface area contributed by atoms with Crippen molar-refractivity contribution in [2.75, 3.05) is 11.9 Å². The van der Waals surface area contributed by atoms with Gasteiger partial charge in [0.15, 0.2) is 0 Å². The van der Waals surface area contributed by atoms with Crippen LogP contribution >= 0.6 is 15.9 Å². The Morgan fingerprint density at radius 3 is 2.45 bits per heavy atom. The number of aromatic nitrogens is 1. The number of nitrogens with zero attached hydrogens (tertiary/aromatic N) is 1. The summed E-state index contributed by atoms with van der Waals surface area (Å²) < 4.78 is 38.7. The Morgan fingerprint density at radius 1 is 1.35 bits per heavy atom. The third-order valence-electron chi connectivity index (χ3n) is 2.09. The zero-order valence-corrected chi connectivity index (χ0v) is 12.8. The van der Waals surface area contributed by atoms with Crippen LogP contribution in [-0.2, 0) is 11.0 Å². The molecule has 0 saturated heterocycles. The number of carbonyl (C=O) groups excluding carboxylic acids is 1. The van der Waals surface area contributed by atoms with Crippen LogP contribution in [0.4, 0.5) is 19.0 Å². The average Bonchev–Trinajstić information content (AvgIpc) is 2.23. The molecule has 20 heavy (non-hydrogen) atoms. The van der Waals surface area contributed by atoms with Crippen molar-refractivity contribution in [1.82, 2.24) is 10.3 Å². The van der Waals surface area contributed by atoms with Crippen LogP contribution in [0.2, 0.25) is 0 Å². The molecule has 1 amide bonds. The summed E-state index contributed by atoms with van der Waals surface area (Å²) >= 11 is 2.94. The van der Waals surface area contributed by atoms with Crippen molar-refractivity contribution in [3.8, 4) is 0 Å². The van der Waals surface area contributed by atoms with Gasteiger partial charge in [0.05, 0.1) is 12.1 Å². The van der Waals surface area contributed by atoms with Gasteiger partial charge < -0.3 is 10.6 Å². The molecule has 0 spiro atoms. The smallest absolute Gasteiger partial charge is 0.361 e. The summed E-state index contributed by atoms with van der Waals surface area (Å²) in [4.78, 5) is 15.2. The normalized spacial score (nSPS) is 12.2. The van der Waals surface area contributed by atoms with Crippen molar-refractivity contribution in [2.45, 2.75) is 32.5 Å². The monoisotopic (exact) mass is 353 g/mol. The molecule has 112 valence electrons. The van der Waals surface area contributed by atoms with E-state index in [2.05, 4.69) is 31.5 Å². The molecule has 0 fully saturated rings. The van der Waals surface area contributed by atoms with Crippen LogP contribution in [0.15, 0.2) is 16.7 Å². The van der Waals surface area contributed by atoms with E-state index >= 15 is 0 Å². The highest BCUT2D eigenvalue weighted by molar-refractivity contribution is 9.10. The van der Waals surface area contributed by atoms with Crippen LogP contribution in [-0.4, -0.2) is 23.0 Å². The van der Waals surface area contributed by atoms with Gasteiger partial charge in [-0.15, -0.1) is 0 Å². The summed E-state index contributed by atoms with van der Waals surface area (Å²) in [5, 5.41) is 5.04. The predicted octanol–water partition coefficient (Wildman–Crippen LogP) is 3.19. The van der Waals surface area contributed by atoms with Crippen molar-refractivity contribution >= 4 is 27.7 Å². The van der Waals surface area contributed by atoms with Crippen LogP contribution < -0.4 is 10.6 Å². The van der Waals surface area contributed by atoms with Gasteiger partial charge >= 0.3 is 6.18 Å². The Morgan fingerprint density at radius 2 is 1.95 bits per heavy atom. The second kappa shape index (κ2) is 5.99. The summed E-state index contributed by atoms with van der Waals surface area (Å²) in [5.41, 5.74) is -1.37. The first-order chi connectivity index (χ1) is 8.99. The molecule has 1 heterocycles. The van der Waals surface area contributed by atoms with Gasteiger partial charge in [-0.25, -0.2) is 4.98 Å². The molecule has 0 atom stereocenters. The van der Waals surface area contributed by atoms with Crippen molar-refractivity contribution in [2.24, 2.45) is 0 Å². The first kappa shape index (κ1) is 16.7.